The molecule has 5 nitrogen and oxygen atoms in total. The molecule has 252 valence electrons. The van der Waals surface area contributed by atoms with Gasteiger partial charge in [0.2, 0.25) is 0 Å². The van der Waals surface area contributed by atoms with Gasteiger partial charge in [-0.15, -0.1) is 0 Å². The van der Waals surface area contributed by atoms with Crippen LogP contribution in [0.5, 0.6) is 0 Å². The Hall–Kier alpha value is -6.47. The summed E-state index contributed by atoms with van der Waals surface area (Å²) in [7, 11) is 0. The average molecular weight is 700 g/mol. The maximum Gasteiger partial charge on any atom is 0.160 e. The number of hydrogen-bond donors (Lipinski definition) is 2. The second-order valence-electron chi connectivity index (χ2n) is 13.1. The van der Waals surface area contributed by atoms with Crippen molar-refractivity contribution in [3.8, 4) is 67.4 Å². The van der Waals surface area contributed by atoms with E-state index in [0.29, 0.717) is 5.82 Å². The van der Waals surface area contributed by atoms with Crippen molar-refractivity contribution in [1.29, 1.82) is 0 Å². The molecule has 2 aromatic heterocycles. The van der Waals surface area contributed by atoms with Crippen LogP contribution in [0, 0.1) is 0 Å². The lowest BCUT2D eigenvalue weighted by Crippen LogP contribution is -2.24. The van der Waals surface area contributed by atoms with E-state index in [1.165, 1.54) is 5.56 Å². The molecule has 9 rings (SSSR count). The van der Waals surface area contributed by atoms with Crippen LogP contribution >= 0.6 is 12.8 Å². The first-order valence-electron chi connectivity index (χ1n) is 17.5. The van der Waals surface area contributed by atoms with E-state index >= 15 is 0 Å². The van der Waals surface area contributed by atoms with E-state index in [1.807, 2.05) is 48.5 Å². The van der Waals surface area contributed by atoms with Gasteiger partial charge in [0.1, 0.15) is 0 Å². The summed E-state index contributed by atoms with van der Waals surface area (Å²) in [4.78, 5) is 15.3. The van der Waals surface area contributed by atoms with Gasteiger partial charge in [-0.25, -0.2) is 19.3 Å². The van der Waals surface area contributed by atoms with Crippen molar-refractivity contribution in [2.75, 3.05) is 0 Å². The normalized spacial score (nSPS) is 14.4. The molecule has 1 atom stereocenters. The molecule has 0 amide bonds. The van der Waals surface area contributed by atoms with Gasteiger partial charge < -0.3 is 5.73 Å². The predicted molar refractivity (Wildman–Crippen MR) is 222 cm³/mol. The minimum atomic E-state index is -0.389. The Morgan fingerprint density at radius 2 is 1.02 bits per heavy atom. The molecule has 8 aromatic rings. The number of nitrogens with zero attached hydrogens (tertiary/aromatic N) is 4. The van der Waals surface area contributed by atoms with Crippen LogP contribution in [-0.4, -0.2) is 20.7 Å². The fourth-order valence-electron chi connectivity index (χ4n) is 7.09. The SMILES string of the molecule is NC1C(=NS)C=Cc2c(-c3ccc(-c4cccc(-c5cc(-c6ccccc6)nc(-c6ccc(-c7ccccc7)cc6)n5)c4)cc3)nc3ccccc3c21. The zero-order valence-corrected chi connectivity index (χ0v) is 29.5. The Morgan fingerprint density at radius 1 is 0.472 bits per heavy atom. The number of rotatable bonds is 6. The van der Waals surface area contributed by atoms with Gasteiger partial charge in [-0.1, -0.05) is 152 Å². The van der Waals surface area contributed by atoms with E-state index < -0.39 is 0 Å². The number of thiol groups is 1. The van der Waals surface area contributed by atoms with Crippen molar-refractivity contribution in [3.63, 3.8) is 0 Å². The van der Waals surface area contributed by atoms with Crippen molar-refractivity contribution in [2.45, 2.75) is 6.04 Å². The van der Waals surface area contributed by atoms with Gasteiger partial charge in [0.15, 0.2) is 5.82 Å². The first-order chi connectivity index (χ1) is 26.1. The van der Waals surface area contributed by atoms with E-state index in [1.54, 1.807) is 0 Å². The highest BCUT2D eigenvalue weighted by Gasteiger charge is 2.25. The maximum atomic E-state index is 6.72. The molecular weight excluding hydrogens is 667 g/mol. The van der Waals surface area contributed by atoms with Crippen molar-refractivity contribution >= 4 is 35.5 Å². The monoisotopic (exact) mass is 699 g/mol. The Labute approximate surface area is 313 Å². The van der Waals surface area contributed by atoms with Crippen LogP contribution in [0.3, 0.4) is 0 Å². The lowest BCUT2D eigenvalue weighted by molar-refractivity contribution is 0.968. The molecule has 53 heavy (non-hydrogen) atoms. The summed E-state index contributed by atoms with van der Waals surface area (Å²) in [6, 6.07) is 56.1. The number of pyridine rings is 1. The fraction of sp³-hybridized carbons (Fsp3) is 0.0213. The summed E-state index contributed by atoms with van der Waals surface area (Å²) in [6.45, 7) is 0. The lowest BCUT2D eigenvalue weighted by Gasteiger charge is -2.23. The molecule has 2 N–H and O–H groups in total. The van der Waals surface area contributed by atoms with Gasteiger partial charge in [-0.05, 0) is 64.9 Å². The van der Waals surface area contributed by atoms with E-state index in [4.69, 9.17) is 20.7 Å². The topological polar surface area (TPSA) is 77.0 Å². The molecule has 0 radical (unpaired) electrons. The van der Waals surface area contributed by atoms with Gasteiger partial charge in [0.05, 0.1) is 34.4 Å². The van der Waals surface area contributed by atoms with Crippen LogP contribution in [0.4, 0.5) is 0 Å². The van der Waals surface area contributed by atoms with Crippen LogP contribution in [0.2, 0.25) is 0 Å². The molecule has 1 aliphatic rings. The molecular formula is C47H33N5S. The minimum Gasteiger partial charge on any atom is -0.319 e. The number of hydrogen-bond acceptors (Lipinski definition) is 6. The highest BCUT2D eigenvalue weighted by molar-refractivity contribution is 7.79. The quantitative estimate of drug-likeness (QED) is 0.169. The number of aromatic nitrogens is 3. The molecule has 0 aliphatic heterocycles. The molecule has 0 fully saturated rings. The number of para-hydroxylation sites is 1. The van der Waals surface area contributed by atoms with Crippen LogP contribution in [0.25, 0.3) is 84.4 Å². The predicted octanol–water partition coefficient (Wildman–Crippen LogP) is 11.3. The van der Waals surface area contributed by atoms with Crippen molar-refractivity contribution in [3.05, 3.63) is 181 Å². The van der Waals surface area contributed by atoms with Crippen molar-refractivity contribution in [2.24, 2.45) is 10.1 Å². The Bertz CT molecular complexity index is 2670. The molecule has 6 aromatic carbocycles. The van der Waals surface area contributed by atoms with Crippen LogP contribution in [0.15, 0.2) is 174 Å². The molecule has 0 saturated heterocycles. The molecule has 1 aliphatic carbocycles. The first kappa shape index (κ1) is 32.4. The standard InChI is InChI=1S/C47H33N5S/c48-45-41(52-53)27-26-39-44(45)38-16-7-8-17-40(38)49-46(39)34-22-18-32(19-23-34)36-14-9-15-37(28-36)43-29-42(33-12-5-2-6-13-33)50-47(51-43)35-24-20-31(21-25-35)30-10-3-1-4-11-30/h1-29,45,53H,48H2. The summed E-state index contributed by atoms with van der Waals surface area (Å²) >= 11 is 4.17. The second-order valence-corrected chi connectivity index (χ2v) is 13.3. The Kier molecular flexibility index (Phi) is 8.52. The molecule has 0 bridgehead atoms. The highest BCUT2D eigenvalue weighted by atomic mass is 32.1. The van der Waals surface area contributed by atoms with Gasteiger partial charge in [0.25, 0.3) is 0 Å². The number of nitrogens with two attached hydrogens (primary N) is 1. The smallest absolute Gasteiger partial charge is 0.160 e. The third-order valence-corrected chi connectivity index (χ3v) is 10.1. The Balaban J connectivity index is 1.08. The summed E-state index contributed by atoms with van der Waals surface area (Å²) < 4.78 is 4.14. The van der Waals surface area contributed by atoms with Crippen molar-refractivity contribution in [1.82, 2.24) is 15.0 Å². The summed E-state index contributed by atoms with van der Waals surface area (Å²) in [5, 5.41) is 1.03. The number of benzene rings is 6. The van der Waals surface area contributed by atoms with Gasteiger partial charge in [-0.3, -0.25) is 0 Å². The molecule has 0 saturated carbocycles. The summed E-state index contributed by atoms with van der Waals surface area (Å²) in [5.74, 6) is 0.684. The first-order valence-corrected chi connectivity index (χ1v) is 17.9. The van der Waals surface area contributed by atoms with E-state index in [-0.39, 0.29) is 6.04 Å². The van der Waals surface area contributed by atoms with Crippen LogP contribution in [-0.2, 0) is 0 Å². The maximum absolute atomic E-state index is 6.72. The second kappa shape index (κ2) is 13.9. The molecule has 0 spiro atoms. The van der Waals surface area contributed by atoms with E-state index in [0.717, 1.165) is 83.8 Å². The summed E-state index contributed by atoms with van der Waals surface area (Å²) in [5.41, 5.74) is 21.5. The van der Waals surface area contributed by atoms with E-state index in [2.05, 4.69) is 145 Å². The molecule has 2 heterocycles. The zero-order valence-electron chi connectivity index (χ0n) is 28.6. The molecule has 1 unspecified atom stereocenters. The van der Waals surface area contributed by atoms with Gasteiger partial charge in [-0.2, -0.15) is 0 Å². The van der Waals surface area contributed by atoms with Crippen LogP contribution in [0.1, 0.15) is 17.2 Å². The van der Waals surface area contributed by atoms with Gasteiger partial charge in [0, 0.05) is 33.2 Å². The zero-order chi connectivity index (χ0) is 35.7. The third-order valence-electron chi connectivity index (χ3n) is 9.83. The lowest BCUT2D eigenvalue weighted by atomic mass is 9.86. The largest absolute Gasteiger partial charge is 0.319 e. The fourth-order valence-corrected chi connectivity index (χ4v) is 7.28. The third kappa shape index (κ3) is 6.25. The molecule has 6 heteroatoms. The Morgan fingerprint density at radius 3 is 1.74 bits per heavy atom. The number of fused-ring (bicyclic) bond motifs is 3. The average Bonchev–Trinajstić information content (AvgIpc) is 3.24. The van der Waals surface area contributed by atoms with Crippen molar-refractivity contribution < 1.29 is 0 Å². The van der Waals surface area contributed by atoms with Crippen LogP contribution < -0.4 is 5.73 Å². The minimum absolute atomic E-state index is 0.389. The highest BCUT2D eigenvalue weighted by Crippen LogP contribution is 2.38. The van der Waals surface area contributed by atoms with Gasteiger partial charge >= 0.3 is 0 Å². The summed E-state index contributed by atoms with van der Waals surface area (Å²) in [6.07, 6.45) is 3.98. The van der Waals surface area contributed by atoms with E-state index in [9.17, 15) is 0 Å².